The molecule has 3 aromatic heterocycles. The molecule has 6 heteroatoms. The molecule has 26 heavy (non-hydrogen) atoms. The van der Waals surface area contributed by atoms with Crippen LogP contribution in [0.25, 0.3) is 5.65 Å². The summed E-state index contributed by atoms with van der Waals surface area (Å²) < 4.78 is 3.71. The summed E-state index contributed by atoms with van der Waals surface area (Å²) in [5, 5.41) is 7.25. The molecule has 1 N–H and O–H groups in total. The van der Waals surface area contributed by atoms with Crippen molar-refractivity contribution < 1.29 is 4.79 Å². The summed E-state index contributed by atoms with van der Waals surface area (Å²) in [5.74, 6) is -0.192. The van der Waals surface area contributed by atoms with Crippen LogP contribution in [0.5, 0.6) is 0 Å². The van der Waals surface area contributed by atoms with E-state index in [-0.39, 0.29) is 5.91 Å². The summed E-state index contributed by atoms with van der Waals surface area (Å²) in [4.78, 5) is 16.7. The van der Waals surface area contributed by atoms with Crippen LogP contribution < -0.4 is 5.32 Å². The summed E-state index contributed by atoms with van der Waals surface area (Å²) in [6.45, 7) is 3.13. The Labute approximate surface area is 151 Å². The maximum Gasteiger partial charge on any atom is 0.271 e. The molecule has 1 amide bonds. The van der Waals surface area contributed by atoms with Crippen LogP contribution in [0.3, 0.4) is 0 Å². The van der Waals surface area contributed by atoms with Gasteiger partial charge < -0.3 is 9.72 Å². The second kappa shape index (κ2) is 6.84. The smallest absolute Gasteiger partial charge is 0.271 e. The highest BCUT2D eigenvalue weighted by Gasteiger charge is 2.11. The van der Waals surface area contributed by atoms with Crippen LogP contribution in [0.2, 0.25) is 0 Å². The molecule has 0 spiro atoms. The van der Waals surface area contributed by atoms with Crippen LogP contribution in [0.1, 0.15) is 27.2 Å². The standard InChI is InChI=1S/C20H19N5O/c1-15-7-8-24-14-18(23-19(24)9-15)20(26)21-10-17-11-22-25(13-17)12-16-5-3-2-4-6-16/h2-9,11,13-14H,10,12H2,1H3,(H,21,26). The van der Waals surface area contributed by atoms with Crippen LogP contribution in [0, 0.1) is 6.92 Å². The first-order valence-corrected chi connectivity index (χ1v) is 8.46. The van der Waals surface area contributed by atoms with E-state index in [1.165, 1.54) is 5.56 Å². The monoisotopic (exact) mass is 345 g/mol. The van der Waals surface area contributed by atoms with E-state index < -0.39 is 0 Å². The van der Waals surface area contributed by atoms with Crippen LogP contribution in [-0.4, -0.2) is 25.1 Å². The first-order chi connectivity index (χ1) is 12.7. The third-order valence-corrected chi connectivity index (χ3v) is 4.18. The van der Waals surface area contributed by atoms with Crippen molar-refractivity contribution in [3.05, 3.63) is 89.6 Å². The molecule has 0 fully saturated rings. The van der Waals surface area contributed by atoms with Gasteiger partial charge in [-0.05, 0) is 30.2 Å². The number of pyridine rings is 1. The van der Waals surface area contributed by atoms with E-state index in [1.807, 2.05) is 58.7 Å². The summed E-state index contributed by atoms with van der Waals surface area (Å²) in [7, 11) is 0. The van der Waals surface area contributed by atoms with Crippen molar-refractivity contribution in [3.8, 4) is 0 Å². The van der Waals surface area contributed by atoms with Gasteiger partial charge in [-0.3, -0.25) is 9.48 Å². The molecule has 0 radical (unpaired) electrons. The Kier molecular flexibility index (Phi) is 4.23. The van der Waals surface area contributed by atoms with Gasteiger partial charge in [-0.25, -0.2) is 4.98 Å². The topological polar surface area (TPSA) is 64.2 Å². The zero-order valence-electron chi connectivity index (χ0n) is 14.5. The van der Waals surface area contributed by atoms with Crippen molar-refractivity contribution in [1.82, 2.24) is 24.5 Å². The fourth-order valence-electron chi connectivity index (χ4n) is 2.82. The van der Waals surface area contributed by atoms with E-state index in [0.29, 0.717) is 18.8 Å². The van der Waals surface area contributed by atoms with E-state index in [1.54, 1.807) is 12.4 Å². The summed E-state index contributed by atoms with van der Waals surface area (Å²) in [5.41, 5.74) is 4.43. The number of aromatic nitrogens is 4. The number of benzene rings is 1. The van der Waals surface area contributed by atoms with Gasteiger partial charge in [0.15, 0.2) is 0 Å². The normalized spacial score (nSPS) is 11.0. The summed E-state index contributed by atoms with van der Waals surface area (Å²) in [6.07, 6.45) is 7.36. The number of nitrogens with one attached hydrogen (secondary N) is 1. The third kappa shape index (κ3) is 3.49. The van der Waals surface area contributed by atoms with Gasteiger partial charge in [-0.15, -0.1) is 0 Å². The molecule has 0 aliphatic rings. The van der Waals surface area contributed by atoms with Crippen LogP contribution in [0.4, 0.5) is 0 Å². The van der Waals surface area contributed by atoms with Gasteiger partial charge >= 0.3 is 0 Å². The fraction of sp³-hybridized carbons (Fsp3) is 0.150. The van der Waals surface area contributed by atoms with Gasteiger partial charge in [0.25, 0.3) is 5.91 Å². The highest BCUT2D eigenvalue weighted by atomic mass is 16.1. The second-order valence-electron chi connectivity index (χ2n) is 6.31. The molecule has 0 saturated carbocycles. The minimum atomic E-state index is -0.192. The number of carbonyl (C=O) groups excluding carboxylic acids is 1. The van der Waals surface area contributed by atoms with Gasteiger partial charge in [0.05, 0.1) is 12.7 Å². The lowest BCUT2D eigenvalue weighted by Crippen LogP contribution is -2.22. The van der Waals surface area contributed by atoms with Gasteiger partial charge in [-0.1, -0.05) is 30.3 Å². The van der Waals surface area contributed by atoms with E-state index in [0.717, 1.165) is 16.8 Å². The van der Waals surface area contributed by atoms with Crippen molar-refractivity contribution in [2.24, 2.45) is 0 Å². The number of nitrogens with zero attached hydrogens (tertiary/aromatic N) is 4. The quantitative estimate of drug-likeness (QED) is 0.605. The van der Waals surface area contributed by atoms with Crippen LogP contribution in [-0.2, 0) is 13.1 Å². The van der Waals surface area contributed by atoms with Crippen molar-refractivity contribution in [1.29, 1.82) is 0 Å². The van der Waals surface area contributed by atoms with Crippen molar-refractivity contribution in [3.63, 3.8) is 0 Å². The molecule has 0 bridgehead atoms. The van der Waals surface area contributed by atoms with Gasteiger partial charge in [0.1, 0.15) is 11.3 Å². The maximum absolute atomic E-state index is 12.4. The first-order valence-electron chi connectivity index (χ1n) is 8.46. The lowest BCUT2D eigenvalue weighted by Gasteiger charge is -2.02. The van der Waals surface area contributed by atoms with Crippen molar-refractivity contribution in [2.45, 2.75) is 20.0 Å². The number of rotatable bonds is 5. The van der Waals surface area contributed by atoms with Crippen molar-refractivity contribution >= 4 is 11.6 Å². The number of aryl methyl sites for hydroxylation is 1. The predicted octanol–water partition coefficient (Wildman–Crippen LogP) is 2.82. The average molecular weight is 345 g/mol. The third-order valence-electron chi connectivity index (χ3n) is 4.18. The van der Waals surface area contributed by atoms with Crippen LogP contribution in [0.15, 0.2) is 67.3 Å². The SMILES string of the molecule is Cc1ccn2cc(C(=O)NCc3cnn(Cc4ccccc4)c3)nc2c1. The lowest BCUT2D eigenvalue weighted by atomic mass is 10.2. The minimum Gasteiger partial charge on any atom is -0.346 e. The molecule has 4 rings (SSSR count). The first kappa shape index (κ1) is 16.1. The number of hydrogen-bond acceptors (Lipinski definition) is 3. The Hall–Kier alpha value is -3.41. The van der Waals surface area contributed by atoms with Crippen molar-refractivity contribution in [2.75, 3.05) is 0 Å². The number of fused-ring (bicyclic) bond motifs is 1. The number of imidazole rings is 1. The molecule has 4 aromatic rings. The van der Waals surface area contributed by atoms with E-state index >= 15 is 0 Å². The molecular weight excluding hydrogens is 326 g/mol. The number of amides is 1. The molecule has 6 nitrogen and oxygen atoms in total. The second-order valence-corrected chi connectivity index (χ2v) is 6.31. The molecule has 130 valence electrons. The molecule has 0 unspecified atom stereocenters. The molecule has 3 heterocycles. The molecule has 0 atom stereocenters. The van der Waals surface area contributed by atoms with E-state index in [2.05, 4.69) is 27.5 Å². The lowest BCUT2D eigenvalue weighted by molar-refractivity contribution is 0.0946. The predicted molar refractivity (Wildman–Crippen MR) is 98.9 cm³/mol. The molecular formula is C20H19N5O. The fourth-order valence-corrected chi connectivity index (χ4v) is 2.82. The highest BCUT2D eigenvalue weighted by Crippen LogP contribution is 2.08. The van der Waals surface area contributed by atoms with Gasteiger partial charge in [-0.2, -0.15) is 5.10 Å². The largest absolute Gasteiger partial charge is 0.346 e. The Morgan fingerprint density at radius 1 is 1.12 bits per heavy atom. The molecule has 0 aliphatic carbocycles. The Bertz CT molecular complexity index is 1050. The Balaban J connectivity index is 1.39. The van der Waals surface area contributed by atoms with Crippen LogP contribution >= 0.6 is 0 Å². The molecule has 0 aliphatic heterocycles. The zero-order chi connectivity index (χ0) is 17.9. The highest BCUT2D eigenvalue weighted by molar-refractivity contribution is 5.92. The number of hydrogen-bond donors (Lipinski definition) is 1. The van der Waals surface area contributed by atoms with E-state index in [4.69, 9.17) is 0 Å². The summed E-state index contributed by atoms with van der Waals surface area (Å²) >= 11 is 0. The molecule has 1 aromatic carbocycles. The average Bonchev–Trinajstić information content (AvgIpc) is 3.27. The number of carbonyl (C=O) groups is 1. The van der Waals surface area contributed by atoms with Gasteiger partial charge in [0, 0.05) is 30.7 Å². The Morgan fingerprint density at radius 3 is 2.81 bits per heavy atom. The maximum atomic E-state index is 12.4. The van der Waals surface area contributed by atoms with E-state index in [9.17, 15) is 4.79 Å². The minimum absolute atomic E-state index is 0.192. The zero-order valence-corrected chi connectivity index (χ0v) is 14.5. The Morgan fingerprint density at radius 2 is 1.96 bits per heavy atom. The summed E-state index contributed by atoms with van der Waals surface area (Å²) in [6, 6.07) is 14.1. The van der Waals surface area contributed by atoms with Gasteiger partial charge in [0.2, 0.25) is 0 Å². The molecule has 0 saturated heterocycles.